The third-order valence-electron chi connectivity index (χ3n) is 6.60. The Balaban J connectivity index is 2.08. The minimum absolute atomic E-state index is 0.632. The van der Waals surface area contributed by atoms with Gasteiger partial charge in [0.05, 0.1) is 0 Å². The molecule has 4 rings (SSSR count). The summed E-state index contributed by atoms with van der Waals surface area (Å²) in [4.78, 5) is 2.65. The van der Waals surface area contributed by atoms with E-state index in [-0.39, 0.29) is 0 Å². The first-order valence-corrected chi connectivity index (χ1v) is 10.3. The topological polar surface area (TPSA) is 3.24 Å². The van der Waals surface area contributed by atoms with Gasteiger partial charge in [-0.05, 0) is 74.6 Å². The summed E-state index contributed by atoms with van der Waals surface area (Å²) in [6.07, 6.45) is 6.49. The Morgan fingerprint density at radius 1 is 1.04 bits per heavy atom. The fourth-order valence-electron chi connectivity index (χ4n) is 5.09. The lowest BCUT2D eigenvalue weighted by Crippen LogP contribution is -2.46. The maximum Gasteiger partial charge on any atom is 0.0440 e. The summed E-state index contributed by atoms with van der Waals surface area (Å²) < 4.78 is 0. The van der Waals surface area contributed by atoms with Gasteiger partial charge in [-0.3, -0.25) is 0 Å². The van der Waals surface area contributed by atoms with Crippen molar-refractivity contribution in [1.82, 2.24) is 0 Å². The van der Waals surface area contributed by atoms with Crippen LogP contribution in [0.25, 0.3) is 0 Å². The van der Waals surface area contributed by atoms with E-state index in [2.05, 4.69) is 70.7 Å². The lowest BCUT2D eigenvalue weighted by Gasteiger charge is -2.46. The molecule has 0 aromatic heterocycles. The number of fused-ring (bicyclic) bond motifs is 2. The highest BCUT2D eigenvalue weighted by Crippen LogP contribution is 2.51. The summed E-state index contributed by atoms with van der Waals surface area (Å²) in [5.74, 6) is 1.43. The van der Waals surface area contributed by atoms with E-state index in [1.54, 1.807) is 16.7 Å². The van der Waals surface area contributed by atoms with Crippen LogP contribution in [0, 0.1) is 18.8 Å². The van der Waals surface area contributed by atoms with Gasteiger partial charge in [0.2, 0.25) is 0 Å². The van der Waals surface area contributed by atoms with Gasteiger partial charge in [0.1, 0.15) is 0 Å². The number of para-hydroxylation sites is 1. The Kier molecular flexibility index (Phi) is 5.41. The van der Waals surface area contributed by atoms with Crippen LogP contribution in [0.15, 0.2) is 46.7 Å². The van der Waals surface area contributed by atoms with Crippen molar-refractivity contribution in [3.05, 3.63) is 52.2 Å². The fraction of sp³-hybridized carbons (Fsp3) is 0.583. The summed E-state index contributed by atoms with van der Waals surface area (Å²) in [5.41, 5.74) is 9.30. The Labute approximate surface area is 154 Å². The molecule has 0 N–H and O–H groups in total. The van der Waals surface area contributed by atoms with Crippen LogP contribution in [-0.2, 0) is 0 Å². The molecule has 2 unspecified atom stereocenters. The molecule has 1 aromatic carbocycles. The normalized spacial score (nSPS) is 23.2. The van der Waals surface area contributed by atoms with Gasteiger partial charge in [-0.2, -0.15) is 0 Å². The van der Waals surface area contributed by atoms with E-state index in [9.17, 15) is 0 Å². The first kappa shape index (κ1) is 18.3. The van der Waals surface area contributed by atoms with Crippen molar-refractivity contribution in [3.8, 4) is 0 Å². The van der Waals surface area contributed by atoms with Gasteiger partial charge in [0.25, 0.3) is 0 Å². The molecule has 2 atom stereocenters. The molecule has 2 bridgehead atoms. The fourth-order valence-corrected chi connectivity index (χ4v) is 5.09. The second-order valence-corrected chi connectivity index (χ2v) is 8.14. The number of hydrogen-bond donors (Lipinski definition) is 0. The SMILES string of the molecule is CCCC(CCC)C1=C2CC(C2C)N(c2ccccc2C)C(C)=C1C. The Hall–Kier alpha value is -1.50. The summed E-state index contributed by atoms with van der Waals surface area (Å²) in [5, 5.41) is 0. The molecule has 1 aromatic rings. The van der Waals surface area contributed by atoms with Crippen molar-refractivity contribution in [2.45, 2.75) is 79.7 Å². The van der Waals surface area contributed by atoms with E-state index >= 15 is 0 Å². The highest BCUT2D eigenvalue weighted by atomic mass is 15.2. The molecule has 1 fully saturated rings. The van der Waals surface area contributed by atoms with Crippen LogP contribution in [0.4, 0.5) is 5.69 Å². The van der Waals surface area contributed by atoms with Crippen LogP contribution in [0.1, 0.15) is 72.3 Å². The first-order valence-electron chi connectivity index (χ1n) is 10.3. The third kappa shape index (κ3) is 3.07. The van der Waals surface area contributed by atoms with E-state index in [1.807, 2.05) is 0 Å². The van der Waals surface area contributed by atoms with E-state index in [1.165, 1.54) is 49.1 Å². The monoisotopic (exact) mass is 337 g/mol. The second-order valence-electron chi connectivity index (χ2n) is 8.14. The van der Waals surface area contributed by atoms with Crippen LogP contribution in [0.3, 0.4) is 0 Å². The molecule has 1 heteroatoms. The lowest BCUT2D eigenvalue weighted by molar-refractivity contribution is 0.375. The number of allylic oxidation sites excluding steroid dienone is 3. The summed E-state index contributed by atoms with van der Waals surface area (Å²) in [6, 6.07) is 9.52. The van der Waals surface area contributed by atoms with Gasteiger partial charge in [0.15, 0.2) is 0 Å². The average molecular weight is 338 g/mol. The Morgan fingerprint density at radius 2 is 1.68 bits per heavy atom. The van der Waals surface area contributed by atoms with Gasteiger partial charge in [0, 0.05) is 17.4 Å². The molecular formula is C24H35N. The standard InChI is InChI=1S/C24H35N/c1-7-11-20(12-8-2)24-17(4)19(6)25(23-15-21(24)18(23)5)22-14-10-9-13-16(22)3/h9-10,13-14,18,20,23H,7-8,11-12,15H2,1-6H3. The Bertz CT molecular complexity index is 688. The van der Waals surface area contributed by atoms with Gasteiger partial charge in [-0.25, -0.2) is 0 Å². The predicted molar refractivity (Wildman–Crippen MR) is 110 cm³/mol. The van der Waals surface area contributed by atoms with Crippen molar-refractivity contribution < 1.29 is 0 Å². The maximum absolute atomic E-state index is 2.65. The number of nitrogens with zero attached hydrogens (tertiary/aromatic N) is 1. The van der Waals surface area contributed by atoms with E-state index in [0.717, 1.165) is 5.92 Å². The molecule has 2 heterocycles. The van der Waals surface area contributed by atoms with Crippen molar-refractivity contribution in [3.63, 3.8) is 0 Å². The second kappa shape index (κ2) is 7.40. The minimum Gasteiger partial charge on any atom is -0.341 e. The molecule has 0 radical (unpaired) electrons. The van der Waals surface area contributed by atoms with Crippen LogP contribution < -0.4 is 4.90 Å². The number of hydrogen-bond acceptors (Lipinski definition) is 1. The highest BCUT2D eigenvalue weighted by Gasteiger charge is 2.43. The van der Waals surface area contributed by atoms with Gasteiger partial charge < -0.3 is 4.90 Å². The minimum atomic E-state index is 0.632. The molecular weight excluding hydrogens is 302 g/mol. The van der Waals surface area contributed by atoms with Crippen molar-refractivity contribution >= 4 is 5.69 Å². The van der Waals surface area contributed by atoms with Crippen LogP contribution in [0.5, 0.6) is 0 Å². The van der Waals surface area contributed by atoms with Crippen LogP contribution in [-0.4, -0.2) is 6.04 Å². The highest BCUT2D eigenvalue weighted by molar-refractivity contribution is 5.64. The molecule has 0 amide bonds. The Morgan fingerprint density at radius 3 is 2.24 bits per heavy atom. The van der Waals surface area contributed by atoms with Gasteiger partial charge >= 0.3 is 0 Å². The summed E-state index contributed by atoms with van der Waals surface area (Å²) >= 11 is 0. The summed E-state index contributed by atoms with van der Waals surface area (Å²) in [7, 11) is 0. The molecule has 2 aliphatic heterocycles. The van der Waals surface area contributed by atoms with E-state index < -0.39 is 0 Å². The van der Waals surface area contributed by atoms with Crippen molar-refractivity contribution in [1.29, 1.82) is 0 Å². The average Bonchev–Trinajstić information content (AvgIpc) is 2.76. The smallest absolute Gasteiger partial charge is 0.0440 e. The molecule has 3 aliphatic rings. The number of anilines is 1. The zero-order chi connectivity index (χ0) is 18.1. The van der Waals surface area contributed by atoms with Crippen molar-refractivity contribution in [2.24, 2.45) is 11.8 Å². The van der Waals surface area contributed by atoms with Crippen LogP contribution in [0.2, 0.25) is 0 Å². The molecule has 0 spiro atoms. The third-order valence-corrected chi connectivity index (χ3v) is 6.60. The zero-order valence-electron chi connectivity index (χ0n) is 17.0. The van der Waals surface area contributed by atoms with E-state index in [0.29, 0.717) is 12.0 Å². The van der Waals surface area contributed by atoms with Crippen molar-refractivity contribution in [2.75, 3.05) is 4.90 Å². The number of benzene rings is 1. The molecule has 136 valence electrons. The number of aryl methyl sites for hydroxylation is 1. The van der Waals surface area contributed by atoms with Crippen LogP contribution >= 0.6 is 0 Å². The lowest BCUT2D eigenvalue weighted by atomic mass is 9.69. The largest absolute Gasteiger partial charge is 0.341 e. The van der Waals surface area contributed by atoms with E-state index in [4.69, 9.17) is 0 Å². The van der Waals surface area contributed by atoms with Gasteiger partial charge in [-0.1, -0.05) is 57.4 Å². The quantitative estimate of drug-likeness (QED) is 0.538. The van der Waals surface area contributed by atoms with Gasteiger partial charge in [-0.15, -0.1) is 0 Å². The predicted octanol–water partition coefficient (Wildman–Crippen LogP) is 7.03. The molecule has 1 aliphatic carbocycles. The molecule has 1 saturated carbocycles. The summed E-state index contributed by atoms with van der Waals surface area (Å²) in [6.45, 7) is 14.1. The number of rotatable bonds is 6. The molecule has 25 heavy (non-hydrogen) atoms. The molecule has 0 saturated heterocycles. The maximum atomic E-state index is 2.65. The first-order chi connectivity index (χ1) is 12.0. The zero-order valence-corrected chi connectivity index (χ0v) is 17.0. The molecule has 1 nitrogen and oxygen atoms in total.